The lowest BCUT2D eigenvalue weighted by Crippen LogP contribution is -2.19. The number of halogens is 2. The summed E-state index contributed by atoms with van der Waals surface area (Å²) in [6.07, 6.45) is -0.0875. The van der Waals surface area contributed by atoms with Crippen molar-refractivity contribution in [2.45, 2.75) is 32.1 Å². The normalized spacial score (nSPS) is 13.6. The van der Waals surface area contributed by atoms with Gasteiger partial charge in [-0.05, 0) is 42.5 Å². The van der Waals surface area contributed by atoms with E-state index in [2.05, 4.69) is 4.98 Å². The molecule has 4 rings (SSSR count). The molecule has 3 aromatic rings. The lowest BCUT2D eigenvalue weighted by molar-refractivity contribution is 0.0914. The van der Waals surface area contributed by atoms with E-state index >= 15 is 0 Å². The van der Waals surface area contributed by atoms with Gasteiger partial charge in [-0.1, -0.05) is 25.4 Å². The molecular formula is C28H27ClFNO6. The van der Waals surface area contributed by atoms with E-state index in [1.807, 2.05) is 13.8 Å². The number of benzene rings is 2. The first-order valence-corrected chi connectivity index (χ1v) is 12.1. The largest absolute Gasteiger partial charge is 0.493 e. The van der Waals surface area contributed by atoms with Gasteiger partial charge in [0.25, 0.3) is 0 Å². The molecule has 194 valence electrons. The number of hydrogen-bond donors (Lipinski definition) is 1. The molecule has 37 heavy (non-hydrogen) atoms. The summed E-state index contributed by atoms with van der Waals surface area (Å²) in [5.74, 6) is 0.203. The lowest BCUT2D eigenvalue weighted by Gasteiger charge is -2.16. The van der Waals surface area contributed by atoms with E-state index < -0.39 is 5.82 Å². The predicted octanol–water partition coefficient (Wildman–Crippen LogP) is 5.44. The van der Waals surface area contributed by atoms with Crippen molar-refractivity contribution in [2.75, 3.05) is 26.9 Å². The zero-order chi connectivity index (χ0) is 26.7. The molecule has 2 aromatic carbocycles. The van der Waals surface area contributed by atoms with E-state index in [4.69, 9.17) is 30.9 Å². The number of carbonyl (C=O) groups excluding carboxylic acids is 2. The van der Waals surface area contributed by atoms with E-state index in [0.717, 1.165) is 5.56 Å². The number of nitrogens with zero attached hydrogens (tertiary/aromatic N) is 1. The number of aliphatic hydroxyl groups is 1. The Hall–Kier alpha value is -3.49. The first-order chi connectivity index (χ1) is 17.6. The van der Waals surface area contributed by atoms with Crippen LogP contribution in [0, 0.1) is 5.82 Å². The van der Waals surface area contributed by atoms with Gasteiger partial charge in [0.15, 0.2) is 23.1 Å². The Balaban J connectivity index is 1.57. The van der Waals surface area contributed by atoms with Crippen LogP contribution in [-0.4, -0.2) is 48.6 Å². The Bertz CT molecular complexity index is 1360. The number of aromatic nitrogens is 1. The second kappa shape index (κ2) is 10.9. The van der Waals surface area contributed by atoms with Crippen molar-refractivity contribution in [3.8, 4) is 28.5 Å². The van der Waals surface area contributed by atoms with Gasteiger partial charge in [0.1, 0.15) is 29.6 Å². The molecule has 0 saturated heterocycles. The highest BCUT2D eigenvalue weighted by molar-refractivity contribution is 6.31. The molecule has 0 atom stereocenters. The Morgan fingerprint density at radius 1 is 1.11 bits per heavy atom. The SMILES string of the molecule is COc1cc(C(=O)CCC(=O)c2cc3c(c(-c4ccc(F)c(Cl)c4)n2)OCC3(C)C)ccc1OCCO. The van der Waals surface area contributed by atoms with Crippen molar-refractivity contribution in [1.82, 2.24) is 4.98 Å². The molecule has 0 unspecified atom stereocenters. The Morgan fingerprint density at radius 3 is 2.57 bits per heavy atom. The number of ether oxygens (including phenoxy) is 3. The summed E-state index contributed by atoms with van der Waals surface area (Å²) in [7, 11) is 1.45. The number of fused-ring (bicyclic) bond motifs is 1. The summed E-state index contributed by atoms with van der Waals surface area (Å²) < 4.78 is 30.4. The number of hydrogen-bond acceptors (Lipinski definition) is 7. The highest BCUT2D eigenvalue weighted by atomic mass is 35.5. The van der Waals surface area contributed by atoms with Gasteiger partial charge >= 0.3 is 0 Å². The monoisotopic (exact) mass is 527 g/mol. The average Bonchev–Trinajstić information content (AvgIpc) is 3.21. The zero-order valence-corrected chi connectivity index (χ0v) is 21.5. The summed E-state index contributed by atoms with van der Waals surface area (Å²) in [6, 6.07) is 10.7. The third-order valence-corrected chi connectivity index (χ3v) is 6.46. The van der Waals surface area contributed by atoms with Crippen LogP contribution in [0.2, 0.25) is 5.02 Å². The fourth-order valence-electron chi connectivity index (χ4n) is 4.11. The van der Waals surface area contributed by atoms with E-state index in [1.165, 1.54) is 25.3 Å². The smallest absolute Gasteiger partial charge is 0.181 e. The van der Waals surface area contributed by atoms with Crippen LogP contribution in [0.1, 0.15) is 53.1 Å². The number of Topliss-reactive ketones (excluding diaryl/α,β-unsaturated/α-hetero) is 2. The lowest BCUT2D eigenvalue weighted by atomic mass is 9.85. The Labute approximate surface area is 219 Å². The molecule has 0 amide bonds. The number of rotatable bonds is 10. The molecule has 0 saturated carbocycles. The third-order valence-electron chi connectivity index (χ3n) is 6.17. The van der Waals surface area contributed by atoms with Crippen molar-refractivity contribution >= 4 is 23.2 Å². The van der Waals surface area contributed by atoms with Crippen LogP contribution in [0.15, 0.2) is 42.5 Å². The van der Waals surface area contributed by atoms with E-state index in [1.54, 1.807) is 24.3 Å². The van der Waals surface area contributed by atoms with Gasteiger partial charge in [0, 0.05) is 34.9 Å². The fourth-order valence-corrected chi connectivity index (χ4v) is 4.29. The summed E-state index contributed by atoms with van der Waals surface area (Å²) in [4.78, 5) is 30.6. The van der Waals surface area contributed by atoms with E-state index in [-0.39, 0.29) is 53.8 Å². The molecule has 1 aliphatic heterocycles. The van der Waals surface area contributed by atoms with Crippen molar-refractivity contribution in [3.05, 3.63) is 70.1 Å². The summed E-state index contributed by atoms with van der Waals surface area (Å²) in [5.41, 5.74) is 1.96. The van der Waals surface area contributed by atoms with Gasteiger partial charge in [0.2, 0.25) is 0 Å². The Kier molecular flexibility index (Phi) is 7.80. The van der Waals surface area contributed by atoms with Crippen molar-refractivity contribution in [1.29, 1.82) is 0 Å². The molecule has 1 N–H and O–H groups in total. The van der Waals surface area contributed by atoms with Crippen molar-refractivity contribution in [2.24, 2.45) is 0 Å². The fraction of sp³-hybridized carbons (Fsp3) is 0.321. The first-order valence-electron chi connectivity index (χ1n) is 11.8. The summed E-state index contributed by atoms with van der Waals surface area (Å²) in [6.45, 7) is 4.35. The predicted molar refractivity (Wildman–Crippen MR) is 137 cm³/mol. The molecule has 2 heterocycles. The van der Waals surface area contributed by atoms with Crippen LogP contribution < -0.4 is 14.2 Å². The minimum atomic E-state index is -0.557. The van der Waals surface area contributed by atoms with Gasteiger partial charge < -0.3 is 19.3 Å². The van der Waals surface area contributed by atoms with Gasteiger partial charge in [-0.15, -0.1) is 0 Å². The molecule has 7 nitrogen and oxygen atoms in total. The first kappa shape index (κ1) is 26.6. The van der Waals surface area contributed by atoms with Gasteiger partial charge in [0.05, 0.1) is 25.3 Å². The number of pyridine rings is 1. The minimum Gasteiger partial charge on any atom is -0.493 e. The number of ketones is 2. The maximum absolute atomic E-state index is 13.8. The maximum Gasteiger partial charge on any atom is 0.181 e. The van der Waals surface area contributed by atoms with E-state index in [0.29, 0.717) is 40.7 Å². The number of aliphatic hydroxyl groups excluding tert-OH is 1. The van der Waals surface area contributed by atoms with Crippen LogP contribution in [-0.2, 0) is 5.41 Å². The maximum atomic E-state index is 13.8. The molecule has 9 heteroatoms. The van der Waals surface area contributed by atoms with Crippen molar-refractivity contribution < 1.29 is 33.3 Å². The molecule has 0 aliphatic carbocycles. The van der Waals surface area contributed by atoms with Crippen molar-refractivity contribution in [3.63, 3.8) is 0 Å². The quantitative estimate of drug-likeness (QED) is 0.351. The number of methoxy groups -OCH3 is 1. The summed E-state index contributed by atoms with van der Waals surface area (Å²) >= 11 is 6.00. The van der Waals surface area contributed by atoms with E-state index in [9.17, 15) is 14.0 Å². The van der Waals surface area contributed by atoms with Gasteiger partial charge in [-0.3, -0.25) is 9.59 Å². The second-order valence-corrected chi connectivity index (χ2v) is 9.73. The highest BCUT2D eigenvalue weighted by Crippen LogP contribution is 2.44. The van der Waals surface area contributed by atoms with Crippen LogP contribution in [0.25, 0.3) is 11.3 Å². The second-order valence-electron chi connectivity index (χ2n) is 9.32. The number of carbonyl (C=O) groups is 2. The molecular weight excluding hydrogens is 501 g/mol. The molecule has 1 aromatic heterocycles. The van der Waals surface area contributed by atoms with Crippen LogP contribution >= 0.6 is 11.6 Å². The van der Waals surface area contributed by atoms with Crippen LogP contribution in [0.5, 0.6) is 17.2 Å². The minimum absolute atomic E-state index is 0.0325. The standard InChI is InChI=1S/C28H27ClFNO6/c1-28(2)15-37-27-18(28)14-21(31-26(27)17-4-6-20(30)19(29)12-17)23(34)8-7-22(33)16-5-9-24(36-11-10-32)25(13-16)35-3/h4-6,9,12-14,32H,7-8,10-11,15H2,1-3H3. The molecule has 0 bridgehead atoms. The molecule has 1 aliphatic rings. The average molecular weight is 528 g/mol. The zero-order valence-electron chi connectivity index (χ0n) is 20.8. The topological polar surface area (TPSA) is 95.0 Å². The molecule has 0 spiro atoms. The molecule has 0 radical (unpaired) electrons. The third kappa shape index (κ3) is 5.60. The van der Waals surface area contributed by atoms with Gasteiger partial charge in [-0.25, -0.2) is 9.37 Å². The van der Waals surface area contributed by atoms with Crippen LogP contribution in [0.4, 0.5) is 4.39 Å². The molecule has 0 fully saturated rings. The van der Waals surface area contributed by atoms with Crippen LogP contribution in [0.3, 0.4) is 0 Å². The highest BCUT2D eigenvalue weighted by Gasteiger charge is 2.36. The summed E-state index contributed by atoms with van der Waals surface area (Å²) in [5, 5.41) is 8.89. The Morgan fingerprint density at radius 2 is 1.86 bits per heavy atom. The van der Waals surface area contributed by atoms with Gasteiger partial charge in [-0.2, -0.15) is 0 Å².